The molecule has 5 nitrogen and oxygen atoms in total. The summed E-state index contributed by atoms with van der Waals surface area (Å²) in [6.07, 6.45) is 1.85. The topological polar surface area (TPSA) is 66.9 Å². The van der Waals surface area contributed by atoms with Crippen molar-refractivity contribution in [3.8, 4) is 16.6 Å². The smallest absolute Gasteiger partial charge is 0.192 e. The van der Waals surface area contributed by atoms with Gasteiger partial charge >= 0.3 is 0 Å². The van der Waals surface area contributed by atoms with E-state index in [1.165, 1.54) is 11.3 Å². The van der Waals surface area contributed by atoms with Crippen LogP contribution in [-0.4, -0.2) is 19.8 Å². The second-order valence-corrected chi connectivity index (χ2v) is 5.08. The molecule has 0 spiro atoms. The van der Waals surface area contributed by atoms with Gasteiger partial charge in [-0.3, -0.25) is 0 Å². The molecule has 2 aromatic heterocycles. The Kier molecular flexibility index (Phi) is 2.97. The number of nitrogens with zero attached hydrogens (tertiary/aromatic N) is 5. The number of hydrogen-bond donors (Lipinski definition) is 0. The third kappa shape index (κ3) is 1.98. The molecule has 1 aromatic carbocycles. The van der Waals surface area contributed by atoms with Crippen molar-refractivity contribution in [2.75, 3.05) is 0 Å². The van der Waals surface area contributed by atoms with Crippen molar-refractivity contribution >= 4 is 16.3 Å². The predicted molar refractivity (Wildman–Crippen MR) is 72.8 cm³/mol. The lowest BCUT2D eigenvalue weighted by molar-refractivity contribution is 0.778. The molecule has 3 aromatic rings. The molecule has 6 heteroatoms. The Morgan fingerprint density at radius 1 is 1.32 bits per heavy atom. The van der Waals surface area contributed by atoms with Gasteiger partial charge in [-0.2, -0.15) is 14.9 Å². The summed E-state index contributed by atoms with van der Waals surface area (Å²) in [7, 11) is 0. The Labute approximate surface area is 114 Å². The van der Waals surface area contributed by atoms with Crippen LogP contribution < -0.4 is 0 Å². The molecule has 0 aliphatic rings. The zero-order valence-corrected chi connectivity index (χ0v) is 11.2. The van der Waals surface area contributed by atoms with E-state index in [-0.39, 0.29) is 0 Å². The first kappa shape index (κ1) is 11.8. The lowest BCUT2D eigenvalue weighted by atomic mass is 10.1. The molecule has 0 amide bonds. The van der Waals surface area contributed by atoms with E-state index in [9.17, 15) is 0 Å². The predicted octanol–water partition coefficient (Wildman–Crippen LogP) is 2.68. The number of benzene rings is 1. The fraction of sp³-hybridized carbons (Fsp3) is 0.231. The lowest BCUT2D eigenvalue weighted by Crippen LogP contribution is -1.95. The van der Waals surface area contributed by atoms with Gasteiger partial charge in [0, 0.05) is 12.0 Å². The van der Waals surface area contributed by atoms with Gasteiger partial charge in [0.2, 0.25) is 4.96 Å². The molecule has 0 fully saturated rings. The van der Waals surface area contributed by atoms with E-state index in [2.05, 4.69) is 28.3 Å². The van der Waals surface area contributed by atoms with E-state index in [4.69, 9.17) is 5.26 Å². The maximum absolute atomic E-state index is 9.14. The second kappa shape index (κ2) is 4.78. The highest BCUT2D eigenvalue weighted by atomic mass is 32.1. The fourth-order valence-corrected chi connectivity index (χ4v) is 2.81. The van der Waals surface area contributed by atoms with Crippen molar-refractivity contribution in [2.45, 2.75) is 19.8 Å². The van der Waals surface area contributed by atoms with Crippen LogP contribution in [0.4, 0.5) is 0 Å². The number of fused-ring (bicyclic) bond motifs is 1. The standard InChI is InChI=1S/C13H11N5S/c1-2-5-11-15-16-13-18(11)17-12(19-13)10-7-4-3-6-9(10)8-14/h3-4,6-7H,2,5H2,1H3. The highest BCUT2D eigenvalue weighted by Gasteiger charge is 2.14. The number of nitriles is 1. The van der Waals surface area contributed by atoms with Crippen LogP contribution in [0.5, 0.6) is 0 Å². The molecule has 0 unspecified atom stereocenters. The van der Waals surface area contributed by atoms with E-state index >= 15 is 0 Å². The van der Waals surface area contributed by atoms with Gasteiger partial charge < -0.3 is 0 Å². The summed E-state index contributed by atoms with van der Waals surface area (Å²) in [5.74, 6) is 0.870. The maximum Gasteiger partial charge on any atom is 0.234 e. The first-order chi connectivity index (χ1) is 9.33. The van der Waals surface area contributed by atoms with E-state index in [0.29, 0.717) is 5.56 Å². The number of aryl methyl sites for hydroxylation is 1. The number of rotatable bonds is 3. The van der Waals surface area contributed by atoms with Gasteiger partial charge in [0.05, 0.1) is 11.6 Å². The SMILES string of the molecule is CCCc1nnc2sc(-c3ccccc3C#N)nn12. The molecule has 0 radical (unpaired) electrons. The highest BCUT2D eigenvalue weighted by molar-refractivity contribution is 7.19. The van der Waals surface area contributed by atoms with Crippen LogP contribution >= 0.6 is 11.3 Å². The largest absolute Gasteiger partial charge is 0.234 e. The minimum atomic E-state index is 0.629. The summed E-state index contributed by atoms with van der Waals surface area (Å²) in [4.78, 5) is 0.770. The molecule has 0 aliphatic carbocycles. The van der Waals surface area contributed by atoms with Crippen molar-refractivity contribution in [1.29, 1.82) is 5.26 Å². The number of hydrogen-bond acceptors (Lipinski definition) is 5. The van der Waals surface area contributed by atoms with Gasteiger partial charge in [-0.15, -0.1) is 10.2 Å². The minimum absolute atomic E-state index is 0.629. The van der Waals surface area contributed by atoms with Gasteiger partial charge in [-0.05, 0) is 12.5 Å². The molecule has 0 N–H and O–H groups in total. The fourth-order valence-electron chi connectivity index (χ4n) is 1.91. The van der Waals surface area contributed by atoms with Crippen LogP contribution in [0.1, 0.15) is 24.7 Å². The second-order valence-electron chi connectivity index (χ2n) is 4.13. The maximum atomic E-state index is 9.14. The third-order valence-corrected chi connectivity index (χ3v) is 3.74. The Bertz CT molecular complexity index is 765. The van der Waals surface area contributed by atoms with Crippen molar-refractivity contribution in [1.82, 2.24) is 19.8 Å². The van der Waals surface area contributed by atoms with Crippen LogP contribution in [-0.2, 0) is 6.42 Å². The molecular formula is C13H11N5S. The van der Waals surface area contributed by atoms with Crippen LogP contribution in [0.3, 0.4) is 0 Å². The minimum Gasteiger partial charge on any atom is -0.192 e. The molecule has 94 valence electrons. The molecule has 0 atom stereocenters. The van der Waals surface area contributed by atoms with Crippen LogP contribution in [0.15, 0.2) is 24.3 Å². The summed E-state index contributed by atoms with van der Waals surface area (Å²) in [5, 5.41) is 22.7. The zero-order chi connectivity index (χ0) is 13.2. The molecule has 2 heterocycles. The van der Waals surface area contributed by atoms with E-state index in [1.54, 1.807) is 10.6 Å². The van der Waals surface area contributed by atoms with Crippen molar-refractivity contribution in [3.05, 3.63) is 35.7 Å². The summed E-state index contributed by atoms with van der Waals surface area (Å²) >= 11 is 1.45. The van der Waals surface area contributed by atoms with Gasteiger partial charge in [-0.25, -0.2) is 0 Å². The summed E-state index contributed by atoms with van der Waals surface area (Å²) in [5.41, 5.74) is 1.48. The summed E-state index contributed by atoms with van der Waals surface area (Å²) < 4.78 is 1.78. The summed E-state index contributed by atoms with van der Waals surface area (Å²) in [6, 6.07) is 9.65. The Hall–Kier alpha value is -2.26. The Morgan fingerprint density at radius 2 is 2.16 bits per heavy atom. The molecule has 19 heavy (non-hydrogen) atoms. The first-order valence-electron chi connectivity index (χ1n) is 6.04. The molecule has 3 rings (SSSR count). The molecule has 0 bridgehead atoms. The Morgan fingerprint density at radius 3 is 2.95 bits per heavy atom. The molecule has 0 aliphatic heterocycles. The van der Waals surface area contributed by atoms with Crippen molar-refractivity contribution < 1.29 is 0 Å². The Balaban J connectivity index is 2.13. The monoisotopic (exact) mass is 269 g/mol. The summed E-state index contributed by atoms with van der Waals surface area (Å²) in [6.45, 7) is 2.10. The van der Waals surface area contributed by atoms with Crippen LogP contribution in [0.2, 0.25) is 0 Å². The normalized spacial score (nSPS) is 10.7. The zero-order valence-electron chi connectivity index (χ0n) is 10.4. The van der Waals surface area contributed by atoms with Crippen LogP contribution in [0.25, 0.3) is 15.5 Å². The van der Waals surface area contributed by atoms with E-state index in [0.717, 1.165) is 34.2 Å². The van der Waals surface area contributed by atoms with Crippen molar-refractivity contribution in [2.24, 2.45) is 0 Å². The molecule has 0 saturated carbocycles. The van der Waals surface area contributed by atoms with E-state index < -0.39 is 0 Å². The first-order valence-corrected chi connectivity index (χ1v) is 6.85. The van der Waals surface area contributed by atoms with Crippen molar-refractivity contribution in [3.63, 3.8) is 0 Å². The number of aromatic nitrogens is 4. The highest BCUT2D eigenvalue weighted by Crippen LogP contribution is 2.28. The van der Waals surface area contributed by atoms with Gasteiger partial charge in [0.1, 0.15) is 5.01 Å². The lowest BCUT2D eigenvalue weighted by Gasteiger charge is -1.97. The van der Waals surface area contributed by atoms with Gasteiger partial charge in [0.15, 0.2) is 5.82 Å². The van der Waals surface area contributed by atoms with E-state index in [1.807, 2.05) is 18.2 Å². The average Bonchev–Trinajstić information content (AvgIpc) is 3.01. The molecular weight excluding hydrogens is 258 g/mol. The average molecular weight is 269 g/mol. The molecule has 0 saturated heterocycles. The van der Waals surface area contributed by atoms with Gasteiger partial charge in [0.25, 0.3) is 0 Å². The quantitative estimate of drug-likeness (QED) is 0.733. The van der Waals surface area contributed by atoms with Crippen LogP contribution in [0, 0.1) is 11.3 Å². The van der Waals surface area contributed by atoms with Gasteiger partial charge in [-0.1, -0.05) is 36.5 Å². The third-order valence-electron chi connectivity index (χ3n) is 2.81.